The SMILES string of the molecule is c1ccc(-c2ccc(-c3ccc(N(c4cccc(-c5cccc6ccccc56)c4)c4cc(-c5cc6ccccc6c6ccccc56)ccc4-c4ccccc4)cc3)cc2)cc1. The molecule has 0 bridgehead atoms. The van der Waals surface area contributed by atoms with E-state index in [9.17, 15) is 0 Å². The zero-order valence-electron chi connectivity index (χ0n) is 33.6. The van der Waals surface area contributed by atoms with Crippen molar-refractivity contribution in [3.63, 3.8) is 0 Å². The smallest absolute Gasteiger partial charge is 0.0546 e. The summed E-state index contributed by atoms with van der Waals surface area (Å²) in [7, 11) is 0. The van der Waals surface area contributed by atoms with Crippen LogP contribution in [-0.2, 0) is 0 Å². The molecular formula is C60H41N. The van der Waals surface area contributed by atoms with Crippen molar-refractivity contribution >= 4 is 49.4 Å². The van der Waals surface area contributed by atoms with Crippen molar-refractivity contribution in [1.82, 2.24) is 0 Å². The first kappa shape index (κ1) is 36.1. The zero-order valence-corrected chi connectivity index (χ0v) is 33.6. The maximum Gasteiger partial charge on any atom is 0.0546 e. The van der Waals surface area contributed by atoms with Gasteiger partial charge in [-0.05, 0) is 119 Å². The molecule has 286 valence electrons. The Hall–Kier alpha value is -8.00. The first-order valence-corrected chi connectivity index (χ1v) is 21.0. The Morgan fingerprint density at radius 3 is 1.43 bits per heavy atom. The third-order valence-electron chi connectivity index (χ3n) is 12.1. The largest absolute Gasteiger partial charge is 0.310 e. The van der Waals surface area contributed by atoms with Gasteiger partial charge in [0.05, 0.1) is 5.69 Å². The Morgan fingerprint density at radius 1 is 0.213 bits per heavy atom. The lowest BCUT2D eigenvalue weighted by atomic mass is 9.91. The first-order chi connectivity index (χ1) is 30.2. The maximum absolute atomic E-state index is 2.45. The van der Waals surface area contributed by atoms with E-state index in [0.29, 0.717) is 0 Å². The lowest BCUT2D eigenvalue weighted by molar-refractivity contribution is 1.28. The van der Waals surface area contributed by atoms with Crippen LogP contribution in [0.15, 0.2) is 249 Å². The van der Waals surface area contributed by atoms with E-state index in [-0.39, 0.29) is 0 Å². The molecule has 0 N–H and O–H groups in total. The number of hydrogen-bond acceptors (Lipinski definition) is 1. The summed E-state index contributed by atoms with van der Waals surface area (Å²) in [4.78, 5) is 2.45. The Balaban J connectivity index is 1.11. The van der Waals surface area contributed by atoms with E-state index >= 15 is 0 Å². The first-order valence-electron chi connectivity index (χ1n) is 21.0. The molecule has 0 unspecified atom stereocenters. The van der Waals surface area contributed by atoms with Gasteiger partial charge in [0, 0.05) is 16.9 Å². The number of benzene rings is 11. The highest BCUT2D eigenvalue weighted by molar-refractivity contribution is 6.14. The Morgan fingerprint density at radius 2 is 0.705 bits per heavy atom. The van der Waals surface area contributed by atoms with Gasteiger partial charge in [-0.15, -0.1) is 0 Å². The van der Waals surface area contributed by atoms with Crippen molar-refractivity contribution in [3.05, 3.63) is 249 Å². The molecule has 0 aliphatic heterocycles. The lowest BCUT2D eigenvalue weighted by Gasteiger charge is -2.29. The van der Waals surface area contributed by atoms with Crippen LogP contribution in [0, 0.1) is 0 Å². The van der Waals surface area contributed by atoms with E-state index in [1.807, 2.05) is 0 Å². The van der Waals surface area contributed by atoms with Crippen molar-refractivity contribution in [2.75, 3.05) is 4.90 Å². The lowest BCUT2D eigenvalue weighted by Crippen LogP contribution is -2.11. The molecule has 11 aromatic carbocycles. The summed E-state index contributed by atoms with van der Waals surface area (Å²) >= 11 is 0. The van der Waals surface area contributed by atoms with Gasteiger partial charge in [0.1, 0.15) is 0 Å². The van der Waals surface area contributed by atoms with E-state index < -0.39 is 0 Å². The molecule has 0 heterocycles. The number of rotatable bonds is 8. The van der Waals surface area contributed by atoms with Gasteiger partial charge in [-0.2, -0.15) is 0 Å². The standard InChI is InChI=1S/C60H41N/c1-3-15-42(16-4-1)43-29-31-44(32-30-43)45-33-36-51(37-34-45)61(52-23-13-22-48(39-52)54-28-14-21-46-19-7-9-24-53(46)54)60-41-50(35-38-56(60)47-17-5-2-6-18-47)59-40-49-20-8-10-25-55(49)57-26-11-12-27-58(57)59/h1-41H. The third kappa shape index (κ3) is 6.83. The van der Waals surface area contributed by atoms with Crippen LogP contribution in [0.25, 0.3) is 88.0 Å². The van der Waals surface area contributed by atoms with Crippen LogP contribution in [0.1, 0.15) is 0 Å². The van der Waals surface area contributed by atoms with Gasteiger partial charge in [0.2, 0.25) is 0 Å². The predicted octanol–water partition coefficient (Wildman–Crippen LogP) is 17.0. The minimum Gasteiger partial charge on any atom is -0.310 e. The topological polar surface area (TPSA) is 3.24 Å². The monoisotopic (exact) mass is 775 g/mol. The second-order valence-electron chi connectivity index (χ2n) is 15.7. The third-order valence-corrected chi connectivity index (χ3v) is 12.1. The van der Waals surface area contributed by atoms with Crippen molar-refractivity contribution in [1.29, 1.82) is 0 Å². The summed E-state index contributed by atoms with van der Waals surface area (Å²) in [5.41, 5.74) is 15.2. The summed E-state index contributed by atoms with van der Waals surface area (Å²) in [6.07, 6.45) is 0. The van der Waals surface area contributed by atoms with Gasteiger partial charge in [-0.3, -0.25) is 0 Å². The highest BCUT2D eigenvalue weighted by atomic mass is 15.1. The van der Waals surface area contributed by atoms with Gasteiger partial charge in [0.15, 0.2) is 0 Å². The zero-order chi connectivity index (χ0) is 40.5. The molecule has 61 heavy (non-hydrogen) atoms. The maximum atomic E-state index is 2.45. The van der Waals surface area contributed by atoms with Crippen LogP contribution in [0.4, 0.5) is 17.1 Å². The molecule has 0 spiro atoms. The number of fused-ring (bicyclic) bond motifs is 4. The van der Waals surface area contributed by atoms with E-state index in [2.05, 4.69) is 254 Å². The summed E-state index contributed by atoms with van der Waals surface area (Å²) in [6.45, 7) is 0. The van der Waals surface area contributed by atoms with Crippen LogP contribution < -0.4 is 4.90 Å². The molecule has 0 fully saturated rings. The van der Waals surface area contributed by atoms with Crippen LogP contribution in [0.5, 0.6) is 0 Å². The minimum absolute atomic E-state index is 1.08. The fourth-order valence-electron chi connectivity index (χ4n) is 9.04. The van der Waals surface area contributed by atoms with Gasteiger partial charge in [-0.25, -0.2) is 0 Å². The molecule has 11 rings (SSSR count). The second-order valence-corrected chi connectivity index (χ2v) is 15.7. The highest BCUT2D eigenvalue weighted by Crippen LogP contribution is 2.46. The number of anilines is 3. The average Bonchev–Trinajstić information content (AvgIpc) is 3.34. The molecule has 0 saturated heterocycles. The van der Waals surface area contributed by atoms with E-state index in [4.69, 9.17) is 0 Å². The molecule has 11 aromatic rings. The molecule has 0 aromatic heterocycles. The van der Waals surface area contributed by atoms with E-state index in [0.717, 1.165) is 28.2 Å². The number of nitrogens with zero attached hydrogens (tertiary/aromatic N) is 1. The quantitative estimate of drug-likeness (QED) is 0.139. The second kappa shape index (κ2) is 15.6. The minimum atomic E-state index is 1.08. The van der Waals surface area contributed by atoms with Crippen LogP contribution in [0.2, 0.25) is 0 Å². The molecule has 1 heteroatoms. The van der Waals surface area contributed by atoms with E-state index in [1.54, 1.807) is 0 Å². The molecular weight excluding hydrogens is 735 g/mol. The number of hydrogen-bond donors (Lipinski definition) is 0. The van der Waals surface area contributed by atoms with Gasteiger partial charge in [0.25, 0.3) is 0 Å². The van der Waals surface area contributed by atoms with Crippen molar-refractivity contribution < 1.29 is 0 Å². The van der Waals surface area contributed by atoms with Crippen molar-refractivity contribution in [2.45, 2.75) is 0 Å². The van der Waals surface area contributed by atoms with Crippen molar-refractivity contribution in [2.24, 2.45) is 0 Å². The van der Waals surface area contributed by atoms with Crippen LogP contribution in [0.3, 0.4) is 0 Å². The Kier molecular flexibility index (Phi) is 9.26. The average molecular weight is 776 g/mol. The molecule has 0 amide bonds. The summed E-state index contributed by atoms with van der Waals surface area (Å²) in [6, 6.07) is 90.6. The summed E-state index contributed by atoms with van der Waals surface area (Å²) in [5.74, 6) is 0. The van der Waals surface area contributed by atoms with Crippen molar-refractivity contribution in [3.8, 4) is 55.6 Å². The predicted molar refractivity (Wildman–Crippen MR) is 261 cm³/mol. The molecule has 1 nitrogen and oxygen atoms in total. The van der Waals surface area contributed by atoms with Gasteiger partial charge < -0.3 is 4.90 Å². The molecule has 0 aliphatic carbocycles. The summed E-state index contributed by atoms with van der Waals surface area (Å²) in [5, 5.41) is 7.48. The molecule has 0 atom stereocenters. The normalized spacial score (nSPS) is 11.3. The Labute approximate surface area is 357 Å². The molecule has 0 radical (unpaired) electrons. The Bertz CT molecular complexity index is 3330. The fraction of sp³-hybridized carbons (Fsp3) is 0. The fourth-order valence-corrected chi connectivity index (χ4v) is 9.04. The molecule has 0 aliphatic rings. The summed E-state index contributed by atoms with van der Waals surface area (Å²) < 4.78 is 0. The van der Waals surface area contributed by atoms with Crippen LogP contribution >= 0.6 is 0 Å². The molecule has 0 saturated carbocycles. The van der Waals surface area contributed by atoms with E-state index in [1.165, 1.54) is 76.8 Å². The van der Waals surface area contributed by atoms with Crippen LogP contribution in [-0.4, -0.2) is 0 Å². The van der Waals surface area contributed by atoms with Gasteiger partial charge >= 0.3 is 0 Å². The highest BCUT2D eigenvalue weighted by Gasteiger charge is 2.21. The van der Waals surface area contributed by atoms with Gasteiger partial charge in [-0.1, -0.05) is 212 Å².